The minimum atomic E-state index is -3.58. The molecule has 9 heteroatoms. The lowest BCUT2D eigenvalue weighted by atomic mass is 10.2. The van der Waals surface area contributed by atoms with Gasteiger partial charge in [-0.2, -0.15) is 0 Å². The molecule has 0 radical (unpaired) electrons. The Morgan fingerprint density at radius 2 is 1.89 bits per heavy atom. The summed E-state index contributed by atoms with van der Waals surface area (Å²) in [7, 11) is -6.64. The van der Waals surface area contributed by atoms with Crippen LogP contribution >= 0.6 is 22.6 Å². The second kappa shape index (κ2) is 5.52. The lowest BCUT2D eigenvalue weighted by molar-refractivity contribution is 0.555. The minimum Gasteiger partial charge on any atom is -0.267 e. The van der Waals surface area contributed by atoms with Gasteiger partial charge in [-0.25, -0.2) is 21.8 Å². The van der Waals surface area contributed by atoms with Crippen molar-refractivity contribution in [3.05, 3.63) is 21.9 Å². The number of sulfonamides is 1. The van der Waals surface area contributed by atoms with E-state index in [9.17, 15) is 16.8 Å². The number of hydrogen-bond acceptors (Lipinski definition) is 5. The van der Waals surface area contributed by atoms with Crippen molar-refractivity contribution >= 4 is 48.3 Å². The molecule has 0 aromatic carbocycles. The first-order valence-electron chi connectivity index (χ1n) is 5.62. The second-order valence-corrected chi connectivity index (χ2v) is 9.87. The van der Waals surface area contributed by atoms with Gasteiger partial charge in [0, 0.05) is 9.77 Å². The van der Waals surface area contributed by atoms with E-state index in [1.165, 1.54) is 0 Å². The van der Waals surface area contributed by atoms with Crippen molar-refractivity contribution in [1.82, 2.24) is 4.98 Å². The van der Waals surface area contributed by atoms with Crippen molar-refractivity contribution in [3.63, 3.8) is 0 Å². The molecule has 2 rings (SSSR count). The highest BCUT2D eigenvalue weighted by Gasteiger charge is 2.32. The SMILES string of the molecule is O=S1(=O)CCC(S(=O)(=O)Nc2ccc(I)cn2)CC1. The summed E-state index contributed by atoms with van der Waals surface area (Å²) >= 11 is 2.07. The molecule has 0 aliphatic carbocycles. The molecule has 1 saturated heterocycles. The maximum atomic E-state index is 12.1. The number of nitrogens with one attached hydrogen (secondary N) is 1. The van der Waals surface area contributed by atoms with Crippen LogP contribution in [0.15, 0.2) is 18.3 Å². The van der Waals surface area contributed by atoms with E-state index in [0.717, 1.165) is 3.57 Å². The lowest BCUT2D eigenvalue weighted by Crippen LogP contribution is -2.36. The summed E-state index contributed by atoms with van der Waals surface area (Å²) in [5.41, 5.74) is 0. The Kier molecular flexibility index (Phi) is 4.35. The number of halogens is 1. The van der Waals surface area contributed by atoms with Gasteiger partial charge in [-0.05, 0) is 47.6 Å². The van der Waals surface area contributed by atoms with E-state index in [-0.39, 0.29) is 30.2 Å². The average molecular weight is 416 g/mol. The van der Waals surface area contributed by atoms with Gasteiger partial charge in [-0.1, -0.05) is 0 Å². The lowest BCUT2D eigenvalue weighted by Gasteiger charge is -2.22. The molecule has 0 unspecified atom stereocenters. The summed E-state index contributed by atoms with van der Waals surface area (Å²) in [5, 5.41) is -0.669. The zero-order valence-corrected chi connectivity index (χ0v) is 13.7. The molecule has 1 aliphatic rings. The monoisotopic (exact) mass is 416 g/mol. The number of nitrogens with zero attached hydrogens (tertiary/aromatic N) is 1. The molecule has 106 valence electrons. The van der Waals surface area contributed by atoms with E-state index in [1.807, 2.05) is 0 Å². The van der Waals surface area contributed by atoms with E-state index < -0.39 is 25.1 Å². The van der Waals surface area contributed by atoms with Crippen molar-refractivity contribution in [3.8, 4) is 0 Å². The summed E-state index contributed by atoms with van der Waals surface area (Å²) < 4.78 is 50.1. The molecule has 0 spiro atoms. The molecule has 1 aromatic rings. The van der Waals surface area contributed by atoms with Crippen LogP contribution in [0.3, 0.4) is 0 Å². The van der Waals surface area contributed by atoms with Gasteiger partial charge in [0.25, 0.3) is 0 Å². The number of hydrogen-bond donors (Lipinski definition) is 1. The fourth-order valence-electron chi connectivity index (χ4n) is 1.84. The maximum absolute atomic E-state index is 12.1. The normalized spacial score (nSPS) is 20.1. The predicted molar refractivity (Wildman–Crippen MR) is 81.2 cm³/mol. The van der Waals surface area contributed by atoms with Crippen molar-refractivity contribution in [1.29, 1.82) is 0 Å². The second-order valence-electron chi connectivity index (χ2n) is 4.36. The van der Waals surface area contributed by atoms with Gasteiger partial charge in [-0.3, -0.25) is 4.72 Å². The minimum absolute atomic E-state index is 0.0707. The van der Waals surface area contributed by atoms with E-state index >= 15 is 0 Å². The third-order valence-corrected chi connectivity index (χ3v) is 7.11. The predicted octanol–water partition coefficient (Wildman–Crippen LogP) is 1.01. The van der Waals surface area contributed by atoms with Crippen LogP contribution in [0.4, 0.5) is 5.82 Å². The molecule has 1 aliphatic heterocycles. The maximum Gasteiger partial charge on any atom is 0.236 e. The Morgan fingerprint density at radius 1 is 1.26 bits per heavy atom. The van der Waals surface area contributed by atoms with Crippen molar-refractivity contribution in [2.24, 2.45) is 0 Å². The van der Waals surface area contributed by atoms with Crippen LogP contribution in [0.2, 0.25) is 0 Å². The molecule has 1 fully saturated rings. The summed E-state index contributed by atoms with van der Waals surface area (Å²) in [4.78, 5) is 3.97. The summed E-state index contributed by atoms with van der Waals surface area (Å²) in [5.74, 6) is 0.117. The Balaban J connectivity index is 2.09. The Labute approximate surface area is 126 Å². The van der Waals surface area contributed by atoms with Gasteiger partial charge in [0.2, 0.25) is 10.0 Å². The molecule has 0 saturated carbocycles. The zero-order valence-electron chi connectivity index (χ0n) is 9.91. The van der Waals surface area contributed by atoms with Gasteiger partial charge >= 0.3 is 0 Å². The van der Waals surface area contributed by atoms with Crippen molar-refractivity contribution in [2.75, 3.05) is 16.2 Å². The number of aromatic nitrogens is 1. The fourth-order valence-corrected chi connectivity index (χ4v) is 5.39. The van der Waals surface area contributed by atoms with Gasteiger partial charge in [0.1, 0.15) is 15.7 Å². The quantitative estimate of drug-likeness (QED) is 0.743. The number of anilines is 1. The molecule has 6 nitrogen and oxygen atoms in total. The highest BCUT2D eigenvalue weighted by molar-refractivity contribution is 14.1. The molecular formula is C10H13IN2O4S2. The highest BCUT2D eigenvalue weighted by atomic mass is 127. The van der Waals surface area contributed by atoms with Gasteiger partial charge in [0.05, 0.1) is 16.8 Å². The first kappa shape index (κ1) is 15.0. The van der Waals surface area contributed by atoms with Crippen LogP contribution in [0, 0.1) is 3.57 Å². The zero-order chi connectivity index (χ0) is 14.1. The third-order valence-electron chi connectivity index (χ3n) is 2.91. The Hall–Kier alpha value is -0.420. The molecule has 1 N–H and O–H groups in total. The third kappa shape index (κ3) is 4.02. The van der Waals surface area contributed by atoms with E-state index in [0.29, 0.717) is 0 Å². The molecular weight excluding hydrogens is 403 g/mol. The van der Waals surface area contributed by atoms with E-state index in [4.69, 9.17) is 0 Å². The van der Waals surface area contributed by atoms with Crippen LogP contribution < -0.4 is 4.72 Å². The first-order valence-corrected chi connectivity index (χ1v) is 10.1. The molecule has 0 bridgehead atoms. The molecule has 2 heterocycles. The molecule has 0 atom stereocenters. The Bertz CT molecular complexity index is 641. The smallest absolute Gasteiger partial charge is 0.236 e. The highest BCUT2D eigenvalue weighted by Crippen LogP contribution is 2.21. The number of rotatable bonds is 3. The first-order chi connectivity index (χ1) is 8.78. The van der Waals surface area contributed by atoms with E-state index in [1.54, 1.807) is 18.3 Å². The van der Waals surface area contributed by atoms with Crippen LogP contribution in [0.1, 0.15) is 12.8 Å². The van der Waals surface area contributed by atoms with Gasteiger partial charge in [0.15, 0.2) is 0 Å². The Morgan fingerprint density at radius 3 is 2.42 bits per heavy atom. The molecule has 1 aromatic heterocycles. The largest absolute Gasteiger partial charge is 0.267 e. The van der Waals surface area contributed by atoms with Crippen LogP contribution in [-0.2, 0) is 19.9 Å². The topological polar surface area (TPSA) is 93.2 Å². The van der Waals surface area contributed by atoms with Crippen LogP contribution in [0.5, 0.6) is 0 Å². The number of sulfone groups is 1. The van der Waals surface area contributed by atoms with Gasteiger partial charge < -0.3 is 0 Å². The van der Waals surface area contributed by atoms with Crippen molar-refractivity contribution < 1.29 is 16.8 Å². The summed E-state index contributed by atoms with van der Waals surface area (Å²) in [6.45, 7) is 0. The summed E-state index contributed by atoms with van der Waals surface area (Å²) in [6.07, 6.45) is 1.84. The van der Waals surface area contributed by atoms with Crippen LogP contribution in [-0.4, -0.2) is 38.6 Å². The average Bonchev–Trinajstić information content (AvgIpc) is 2.31. The summed E-state index contributed by atoms with van der Waals surface area (Å²) in [6, 6.07) is 3.33. The number of pyridine rings is 1. The van der Waals surface area contributed by atoms with Crippen molar-refractivity contribution in [2.45, 2.75) is 18.1 Å². The fraction of sp³-hybridized carbons (Fsp3) is 0.500. The van der Waals surface area contributed by atoms with Gasteiger partial charge in [-0.15, -0.1) is 0 Å². The molecule has 19 heavy (non-hydrogen) atoms. The standard InChI is InChI=1S/C10H13IN2O4S2/c11-8-1-2-10(12-7-8)13-19(16,17)9-3-5-18(14,15)6-4-9/h1-2,7,9H,3-6H2,(H,12,13). The van der Waals surface area contributed by atoms with Crippen LogP contribution in [0.25, 0.3) is 0 Å². The van der Waals surface area contributed by atoms with E-state index in [2.05, 4.69) is 32.3 Å². The molecule has 0 amide bonds.